The number of hydrogen-bond donors (Lipinski definition) is 1. The van der Waals surface area contributed by atoms with Crippen molar-refractivity contribution in [2.75, 3.05) is 6.61 Å². The topological polar surface area (TPSA) is 32.8 Å². The maximum atomic E-state index is 10.5. The van der Waals surface area contributed by atoms with Crippen LogP contribution in [0.4, 0.5) is 0 Å². The van der Waals surface area contributed by atoms with Gasteiger partial charge in [-0.05, 0) is 35.4 Å². The van der Waals surface area contributed by atoms with Crippen molar-refractivity contribution in [2.45, 2.75) is 11.7 Å². The monoisotopic (exact) mass is 294 g/mol. The summed E-state index contributed by atoms with van der Waals surface area (Å²) in [4.78, 5) is 0. The van der Waals surface area contributed by atoms with Crippen molar-refractivity contribution in [1.29, 1.82) is 0 Å². The van der Waals surface area contributed by atoms with Crippen LogP contribution in [0, 0.1) is 0 Å². The Balaban J connectivity index is 1.92. The molecule has 0 saturated carbocycles. The molecule has 0 bridgehead atoms. The lowest BCUT2D eigenvalue weighted by atomic mass is 9.89. The Morgan fingerprint density at radius 2 is 1.42 bits per heavy atom. The molecule has 4 heteroatoms. The molecule has 1 N–H and O–H groups in total. The third kappa shape index (κ3) is 2.37. The van der Waals surface area contributed by atoms with E-state index < -0.39 is 11.7 Å². The molecule has 1 saturated heterocycles. The molecule has 2 aromatic carbocycles. The molecule has 2 atom stereocenters. The van der Waals surface area contributed by atoms with E-state index in [9.17, 15) is 5.11 Å². The molecule has 19 heavy (non-hydrogen) atoms. The minimum atomic E-state index is -0.717. The van der Waals surface area contributed by atoms with Crippen LogP contribution in [0.2, 0.25) is 10.0 Å². The third-order valence-electron chi connectivity index (χ3n) is 3.42. The average molecular weight is 295 g/mol. The molecule has 98 valence electrons. The molecule has 0 aliphatic carbocycles. The van der Waals surface area contributed by atoms with Crippen LogP contribution in [0.1, 0.15) is 17.2 Å². The number of rotatable bonds is 3. The molecular weight excluding hydrogens is 283 g/mol. The van der Waals surface area contributed by atoms with Crippen LogP contribution >= 0.6 is 23.2 Å². The fraction of sp³-hybridized carbons (Fsp3) is 0.200. The Morgan fingerprint density at radius 3 is 1.89 bits per heavy atom. The van der Waals surface area contributed by atoms with E-state index in [1.165, 1.54) is 0 Å². The maximum absolute atomic E-state index is 10.5. The normalized spacial score (nSPS) is 23.1. The highest BCUT2D eigenvalue weighted by Crippen LogP contribution is 2.49. The van der Waals surface area contributed by atoms with E-state index >= 15 is 0 Å². The third-order valence-corrected chi connectivity index (χ3v) is 3.92. The van der Waals surface area contributed by atoms with Gasteiger partial charge in [0.15, 0.2) is 0 Å². The number of benzene rings is 2. The summed E-state index contributed by atoms with van der Waals surface area (Å²) < 4.78 is 5.54. The number of ether oxygens (including phenoxy) is 1. The van der Waals surface area contributed by atoms with Gasteiger partial charge >= 0.3 is 0 Å². The summed E-state index contributed by atoms with van der Waals surface area (Å²) in [6, 6.07) is 14.5. The summed E-state index contributed by atoms with van der Waals surface area (Å²) in [6.07, 6.45) is -0.717. The Labute approximate surface area is 121 Å². The first-order chi connectivity index (χ1) is 9.12. The Bertz CT molecular complexity index is 574. The van der Waals surface area contributed by atoms with Crippen LogP contribution < -0.4 is 0 Å². The van der Waals surface area contributed by atoms with Crippen molar-refractivity contribution >= 4 is 23.2 Å². The first-order valence-electron chi connectivity index (χ1n) is 5.95. The van der Waals surface area contributed by atoms with Gasteiger partial charge in [-0.2, -0.15) is 0 Å². The van der Waals surface area contributed by atoms with Gasteiger partial charge in [-0.15, -0.1) is 0 Å². The van der Waals surface area contributed by atoms with E-state index in [1.807, 2.05) is 24.3 Å². The van der Waals surface area contributed by atoms with Crippen LogP contribution in [0.5, 0.6) is 0 Å². The zero-order chi connectivity index (χ0) is 13.5. The summed E-state index contributed by atoms with van der Waals surface area (Å²) in [5.74, 6) is 0. The standard InChI is InChI=1S/C15H12Cl2O2/c16-12-5-1-10(2-6-12)14(18)15(9-19-15)11-3-7-13(17)8-4-11/h1-8,14,18H,9H2/t14?,15-/m1/s1. The van der Waals surface area contributed by atoms with Crippen LogP contribution in [-0.2, 0) is 10.3 Å². The van der Waals surface area contributed by atoms with E-state index in [0.717, 1.165) is 11.1 Å². The summed E-state index contributed by atoms with van der Waals surface area (Å²) in [7, 11) is 0. The summed E-state index contributed by atoms with van der Waals surface area (Å²) in [5, 5.41) is 11.8. The van der Waals surface area contributed by atoms with Gasteiger partial charge in [-0.1, -0.05) is 47.5 Å². The predicted molar refractivity (Wildman–Crippen MR) is 75.5 cm³/mol. The molecule has 0 amide bonds. The van der Waals surface area contributed by atoms with Crippen molar-refractivity contribution < 1.29 is 9.84 Å². The SMILES string of the molecule is OC(c1ccc(Cl)cc1)[C@]1(c2ccc(Cl)cc2)CO1. The summed E-state index contributed by atoms with van der Waals surface area (Å²) >= 11 is 11.7. The Morgan fingerprint density at radius 1 is 0.947 bits per heavy atom. The number of halogens is 2. The molecule has 1 unspecified atom stereocenters. The maximum Gasteiger partial charge on any atom is 0.146 e. The molecule has 0 radical (unpaired) electrons. The Hall–Kier alpha value is -1.06. The minimum Gasteiger partial charge on any atom is -0.385 e. The van der Waals surface area contributed by atoms with Gasteiger partial charge in [-0.25, -0.2) is 0 Å². The van der Waals surface area contributed by atoms with Crippen molar-refractivity contribution in [3.8, 4) is 0 Å². The van der Waals surface area contributed by atoms with E-state index in [1.54, 1.807) is 24.3 Å². The van der Waals surface area contributed by atoms with Crippen LogP contribution in [0.3, 0.4) is 0 Å². The van der Waals surface area contributed by atoms with E-state index in [-0.39, 0.29) is 0 Å². The minimum absolute atomic E-state index is 0.498. The summed E-state index contributed by atoms with van der Waals surface area (Å²) in [6.45, 7) is 0.498. The van der Waals surface area contributed by atoms with Gasteiger partial charge in [0, 0.05) is 10.0 Å². The average Bonchev–Trinajstić information content (AvgIpc) is 3.21. The fourth-order valence-electron chi connectivity index (χ4n) is 2.21. The lowest BCUT2D eigenvalue weighted by Crippen LogP contribution is -2.20. The van der Waals surface area contributed by atoms with Crippen molar-refractivity contribution in [1.82, 2.24) is 0 Å². The molecule has 0 spiro atoms. The lowest BCUT2D eigenvalue weighted by Gasteiger charge is -2.20. The Kier molecular flexibility index (Phi) is 3.27. The highest BCUT2D eigenvalue weighted by Gasteiger charge is 2.53. The second kappa shape index (κ2) is 4.80. The van der Waals surface area contributed by atoms with E-state index in [4.69, 9.17) is 27.9 Å². The highest BCUT2D eigenvalue weighted by molar-refractivity contribution is 6.30. The van der Waals surface area contributed by atoms with Gasteiger partial charge < -0.3 is 9.84 Å². The van der Waals surface area contributed by atoms with Crippen LogP contribution in [0.15, 0.2) is 48.5 Å². The predicted octanol–water partition coefficient (Wildman–Crippen LogP) is 3.95. The van der Waals surface area contributed by atoms with Crippen LogP contribution in [-0.4, -0.2) is 11.7 Å². The molecule has 1 aliphatic rings. The molecule has 1 heterocycles. The molecule has 0 aromatic heterocycles. The number of epoxide rings is 1. The van der Waals surface area contributed by atoms with Crippen molar-refractivity contribution in [2.24, 2.45) is 0 Å². The van der Waals surface area contributed by atoms with Crippen molar-refractivity contribution in [3.05, 3.63) is 69.7 Å². The second-order valence-corrected chi connectivity index (χ2v) is 5.51. The van der Waals surface area contributed by atoms with Gasteiger partial charge in [0.2, 0.25) is 0 Å². The largest absolute Gasteiger partial charge is 0.385 e. The molecule has 2 aromatic rings. The number of hydrogen-bond acceptors (Lipinski definition) is 2. The number of aliphatic hydroxyl groups excluding tert-OH is 1. The van der Waals surface area contributed by atoms with Crippen LogP contribution in [0.25, 0.3) is 0 Å². The van der Waals surface area contributed by atoms with Gasteiger partial charge in [0.05, 0.1) is 6.61 Å². The fourth-order valence-corrected chi connectivity index (χ4v) is 2.46. The molecule has 2 nitrogen and oxygen atoms in total. The quantitative estimate of drug-likeness (QED) is 0.870. The zero-order valence-corrected chi connectivity index (χ0v) is 11.5. The molecule has 1 aliphatic heterocycles. The number of aliphatic hydroxyl groups is 1. The smallest absolute Gasteiger partial charge is 0.146 e. The van der Waals surface area contributed by atoms with Gasteiger partial charge in [0.25, 0.3) is 0 Å². The highest BCUT2D eigenvalue weighted by atomic mass is 35.5. The van der Waals surface area contributed by atoms with Crippen molar-refractivity contribution in [3.63, 3.8) is 0 Å². The van der Waals surface area contributed by atoms with E-state index in [2.05, 4.69) is 0 Å². The molecule has 3 rings (SSSR count). The van der Waals surface area contributed by atoms with Gasteiger partial charge in [0.1, 0.15) is 11.7 Å². The molecular formula is C15H12Cl2O2. The lowest BCUT2D eigenvalue weighted by molar-refractivity contribution is 0.0730. The summed E-state index contributed by atoms with van der Waals surface area (Å²) in [5.41, 5.74) is 1.06. The first kappa shape index (κ1) is 12.9. The zero-order valence-electron chi connectivity index (χ0n) is 10.0. The molecule has 1 fully saturated rings. The first-order valence-corrected chi connectivity index (χ1v) is 6.71. The van der Waals surface area contributed by atoms with Gasteiger partial charge in [-0.3, -0.25) is 0 Å². The van der Waals surface area contributed by atoms with E-state index in [0.29, 0.717) is 16.7 Å². The second-order valence-electron chi connectivity index (χ2n) is 4.64.